The molecule has 6 heteroatoms. The van der Waals surface area contributed by atoms with Crippen molar-refractivity contribution in [2.45, 2.75) is 43.9 Å². The lowest BCUT2D eigenvalue weighted by molar-refractivity contribution is 0.172. The van der Waals surface area contributed by atoms with Gasteiger partial charge < -0.3 is 9.63 Å². The van der Waals surface area contributed by atoms with Crippen molar-refractivity contribution in [3.8, 4) is 0 Å². The zero-order valence-electron chi connectivity index (χ0n) is 12.6. The fourth-order valence-corrected chi connectivity index (χ4v) is 3.41. The maximum absolute atomic E-state index is 13.5. The fourth-order valence-electron chi connectivity index (χ4n) is 3.41. The van der Waals surface area contributed by atoms with Crippen molar-refractivity contribution in [3.05, 3.63) is 52.9 Å². The molecule has 0 radical (unpaired) electrons. The van der Waals surface area contributed by atoms with Gasteiger partial charge in [-0.3, -0.25) is 4.90 Å². The number of halogens is 2. The third-order valence-corrected chi connectivity index (χ3v) is 4.71. The van der Waals surface area contributed by atoms with Gasteiger partial charge in [-0.15, -0.1) is 0 Å². The highest BCUT2D eigenvalue weighted by Gasteiger charge is 2.35. The van der Waals surface area contributed by atoms with Crippen LogP contribution in [0.2, 0.25) is 0 Å². The van der Waals surface area contributed by atoms with E-state index in [9.17, 15) is 13.9 Å². The van der Waals surface area contributed by atoms with E-state index in [1.165, 1.54) is 6.07 Å². The molecule has 2 atom stereocenters. The van der Waals surface area contributed by atoms with Gasteiger partial charge in [0.05, 0.1) is 12.3 Å². The standard InChI is InChI=1S/C17H18F2N2O2/c18-14-4-3-11(5-15(14)19)16-6-13(22)9-21(16)8-12-7-20-23-17(12)10-1-2-10/h3-5,7,10,13,16,22H,1-2,6,8-9H2. The van der Waals surface area contributed by atoms with Gasteiger partial charge in [-0.05, 0) is 37.0 Å². The maximum Gasteiger partial charge on any atom is 0.159 e. The molecule has 2 aliphatic rings. The van der Waals surface area contributed by atoms with Crippen LogP contribution in [0.5, 0.6) is 0 Å². The van der Waals surface area contributed by atoms with Crippen molar-refractivity contribution in [3.63, 3.8) is 0 Å². The van der Waals surface area contributed by atoms with E-state index in [4.69, 9.17) is 4.52 Å². The lowest BCUT2D eigenvalue weighted by atomic mass is 10.0. The largest absolute Gasteiger partial charge is 0.392 e. The number of benzene rings is 1. The van der Waals surface area contributed by atoms with Crippen LogP contribution in [0.15, 0.2) is 28.9 Å². The average molecular weight is 320 g/mol. The molecule has 1 aliphatic carbocycles. The number of aromatic nitrogens is 1. The topological polar surface area (TPSA) is 49.5 Å². The van der Waals surface area contributed by atoms with Crippen molar-refractivity contribution in [1.82, 2.24) is 10.1 Å². The van der Waals surface area contributed by atoms with Crippen LogP contribution in [-0.4, -0.2) is 27.8 Å². The van der Waals surface area contributed by atoms with E-state index in [-0.39, 0.29) is 6.04 Å². The molecule has 1 saturated carbocycles. The number of rotatable bonds is 4. The summed E-state index contributed by atoms with van der Waals surface area (Å²) >= 11 is 0. The molecule has 2 fully saturated rings. The Kier molecular flexibility index (Phi) is 3.66. The molecule has 1 aliphatic heterocycles. The Morgan fingerprint density at radius 2 is 2.09 bits per heavy atom. The number of likely N-dealkylation sites (tertiary alicyclic amines) is 1. The average Bonchev–Trinajstić information content (AvgIpc) is 3.16. The van der Waals surface area contributed by atoms with Crippen molar-refractivity contribution in [1.29, 1.82) is 0 Å². The summed E-state index contributed by atoms with van der Waals surface area (Å²) in [6.45, 7) is 1.09. The van der Waals surface area contributed by atoms with E-state index in [1.807, 2.05) is 0 Å². The first-order valence-electron chi connectivity index (χ1n) is 7.92. The predicted octanol–water partition coefficient (Wildman–Crippen LogP) is 3.14. The summed E-state index contributed by atoms with van der Waals surface area (Å²) in [5.74, 6) is -0.321. The third kappa shape index (κ3) is 2.88. The van der Waals surface area contributed by atoms with E-state index < -0.39 is 17.7 Å². The third-order valence-electron chi connectivity index (χ3n) is 4.71. The summed E-state index contributed by atoms with van der Waals surface area (Å²) in [5.41, 5.74) is 1.71. The molecular formula is C17H18F2N2O2. The summed E-state index contributed by atoms with van der Waals surface area (Å²) in [5, 5.41) is 13.9. The van der Waals surface area contributed by atoms with Crippen LogP contribution in [-0.2, 0) is 6.54 Å². The second-order valence-electron chi connectivity index (χ2n) is 6.50. The SMILES string of the molecule is OC1CC(c2ccc(F)c(F)c2)N(Cc2cnoc2C2CC2)C1. The van der Waals surface area contributed by atoms with E-state index in [2.05, 4.69) is 10.1 Å². The minimum Gasteiger partial charge on any atom is -0.392 e. The quantitative estimate of drug-likeness (QED) is 0.940. The van der Waals surface area contributed by atoms with Gasteiger partial charge in [-0.25, -0.2) is 8.78 Å². The Morgan fingerprint density at radius 3 is 2.83 bits per heavy atom. The number of aliphatic hydroxyl groups excluding tert-OH is 1. The molecular weight excluding hydrogens is 302 g/mol. The zero-order chi connectivity index (χ0) is 16.0. The van der Waals surface area contributed by atoms with Crippen molar-refractivity contribution in [2.24, 2.45) is 0 Å². The molecule has 1 N–H and O–H groups in total. The molecule has 2 aromatic rings. The van der Waals surface area contributed by atoms with Gasteiger partial charge in [-0.2, -0.15) is 0 Å². The second-order valence-corrected chi connectivity index (χ2v) is 6.50. The van der Waals surface area contributed by atoms with Crippen LogP contribution in [0.25, 0.3) is 0 Å². The predicted molar refractivity (Wildman–Crippen MR) is 78.6 cm³/mol. The van der Waals surface area contributed by atoms with Gasteiger partial charge >= 0.3 is 0 Å². The first-order valence-corrected chi connectivity index (χ1v) is 7.92. The van der Waals surface area contributed by atoms with Gasteiger partial charge in [0.15, 0.2) is 11.6 Å². The molecule has 1 aromatic heterocycles. The Labute approximate surface area is 132 Å². The number of β-amino-alcohol motifs (C(OH)–C–C–N with tert-alkyl or cyclic N) is 1. The minimum atomic E-state index is -0.854. The van der Waals surface area contributed by atoms with E-state index >= 15 is 0 Å². The first-order chi connectivity index (χ1) is 11.1. The number of hydrogen-bond donors (Lipinski definition) is 1. The summed E-state index contributed by atoms with van der Waals surface area (Å²) < 4.78 is 32.0. The summed E-state index contributed by atoms with van der Waals surface area (Å²) in [6.07, 6.45) is 4.00. The highest BCUT2D eigenvalue weighted by molar-refractivity contribution is 5.25. The summed E-state index contributed by atoms with van der Waals surface area (Å²) in [4.78, 5) is 2.08. The van der Waals surface area contributed by atoms with E-state index in [0.29, 0.717) is 31.0 Å². The van der Waals surface area contributed by atoms with Crippen LogP contribution >= 0.6 is 0 Å². The zero-order valence-corrected chi connectivity index (χ0v) is 12.6. The minimum absolute atomic E-state index is 0.137. The van der Waals surface area contributed by atoms with Gasteiger partial charge in [-0.1, -0.05) is 11.2 Å². The van der Waals surface area contributed by atoms with Crippen LogP contribution in [0.3, 0.4) is 0 Å². The van der Waals surface area contributed by atoms with Gasteiger partial charge in [0, 0.05) is 30.6 Å². The maximum atomic E-state index is 13.5. The number of aliphatic hydroxyl groups is 1. The lowest BCUT2D eigenvalue weighted by Crippen LogP contribution is -2.24. The Hall–Kier alpha value is -1.79. The fraction of sp³-hybridized carbons (Fsp3) is 0.471. The molecule has 122 valence electrons. The summed E-state index contributed by atoms with van der Waals surface area (Å²) in [7, 11) is 0. The Balaban J connectivity index is 1.58. The molecule has 0 bridgehead atoms. The van der Waals surface area contributed by atoms with Crippen LogP contribution in [0, 0.1) is 11.6 Å². The van der Waals surface area contributed by atoms with Gasteiger partial charge in [0.2, 0.25) is 0 Å². The molecule has 0 spiro atoms. The van der Waals surface area contributed by atoms with Crippen molar-refractivity contribution >= 4 is 0 Å². The van der Waals surface area contributed by atoms with Crippen LogP contribution in [0.1, 0.15) is 48.1 Å². The van der Waals surface area contributed by atoms with Gasteiger partial charge in [0.25, 0.3) is 0 Å². The molecule has 2 heterocycles. The Bertz CT molecular complexity index is 714. The molecule has 0 amide bonds. The normalized spacial score (nSPS) is 25.2. The highest BCUT2D eigenvalue weighted by atomic mass is 19.2. The lowest BCUT2D eigenvalue weighted by Gasteiger charge is -2.24. The Morgan fingerprint density at radius 1 is 1.26 bits per heavy atom. The molecule has 2 unspecified atom stereocenters. The molecule has 4 rings (SSSR count). The van der Waals surface area contributed by atoms with Crippen molar-refractivity contribution < 1.29 is 18.4 Å². The molecule has 4 nitrogen and oxygen atoms in total. The van der Waals surface area contributed by atoms with E-state index in [1.54, 1.807) is 12.3 Å². The van der Waals surface area contributed by atoms with E-state index in [0.717, 1.165) is 30.2 Å². The smallest absolute Gasteiger partial charge is 0.159 e. The second kappa shape index (κ2) is 5.69. The molecule has 1 saturated heterocycles. The highest BCUT2D eigenvalue weighted by Crippen LogP contribution is 2.43. The monoisotopic (exact) mass is 320 g/mol. The van der Waals surface area contributed by atoms with Crippen molar-refractivity contribution in [2.75, 3.05) is 6.54 Å². The number of hydrogen-bond acceptors (Lipinski definition) is 4. The van der Waals surface area contributed by atoms with Crippen LogP contribution < -0.4 is 0 Å². The molecule has 1 aromatic carbocycles. The first kappa shape index (κ1) is 14.8. The number of nitrogens with zero attached hydrogens (tertiary/aromatic N) is 2. The van der Waals surface area contributed by atoms with Crippen LogP contribution in [0.4, 0.5) is 8.78 Å². The summed E-state index contributed by atoms with van der Waals surface area (Å²) in [6, 6.07) is 3.81. The molecule has 23 heavy (non-hydrogen) atoms. The van der Waals surface area contributed by atoms with Gasteiger partial charge in [0.1, 0.15) is 5.76 Å².